The Morgan fingerprint density at radius 3 is 2.75 bits per heavy atom. The van der Waals surface area contributed by atoms with Crippen molar-refractivity contribution in [2.24, 2.45) is 11.3 Å². The van der Waals surface area contributed by atoms with Crippen molar-refractivity contribution < 1.29 is 4.79 Å². The number of thioether (sulfide) groups is 1. The zero-order valence-electron chi connectivity index (χ0n) is 18.9. The number of hydrogen-bond donors (Lipinski definition) is 1. The third kappa shape index (κ3) is 4.70. The smallest absolute Gasteiger partial charge is 0.235 e. The normalized spacial score (nSPS) is 17.6. The number of nitrogens with one attached hydrogen (secondary N) is 1. The minimum Gasteiger partial charge on any atom is -0.316 e. The minimum absolute atomic E-state index is 0.165. The largest absolute Gasteiger partial charge is 0.316 e. The van der Waals surface area contributed by atoms with Crippen LogP contribution in [0.5, 0.6) is 0 Å². The van der Waals surface area contributed by atoms with Crippen LogP contribution in [-0.2, 0) is 30.5 Å². The molecule has 1 N–H and O–H groups in total. The van der Waals surface area contributed by atoms with E-state index in [9.17, 15) is 15.3 Å². The summed E-state index contributed by atoms with van der Waals surface area (Å²) in [5.74, 6) is 0.582. The number of aromatic nitrogens is 1. The summed E-state index contributed by atoms with van der Waals surface area (Å²) in [6, 6.07) is 6.49. The maximum atomic E-state index is 12.7. The Labute approximate surface area is 198 Å². The van der Waals surface area contributed by atoms with Crippen LogP contribution in [0.3, 0.4) is 0 Å². The quantitative estimate of drug-likeness (QED) is 0.591. The highest BCUT2D eigenvalue weighted by atomic mass is 32.2. The van der Waals surface area contributed by atoms with Crippen molar-refractivity contribution in [3.63, 3.8) is 0 Å². The number of fused-ring (bicyclic) bond motifs is 2. The number of thiophene rings is 1. The van der Waals surface area contributed by atoms with E-state index in [0.29, 0.717) is 27.1 Å². The number of carbonyl (C=O) groups excluding carboxylic acids is 1. The topological polar surface area (TPSA) is 89.6 Å². The molecular formula is C25H28N4OS2. The van der Waals surface area contributed by atoms with Crippen LogP contribution in [0.15, 0.2) is 11.1 Å². The predicted molar refractivity (Wildman–Crippen MR) is 129 cm³/mol. The first kappa shape index (κ1) is 22.8. The van der Waals surface area contributed by atoms with Crippen LogP contribution >= 0.6 is 23.1 Å². The number of nitriles is 2. The van der Waals surface area contributed by atoms with Crippen molar-refractivity contribution in [1.29, 1.82) is 10.5 Å². The van der Waals surface area contributed by atoms with Gasteiger partial charge in [0.05, 0.1) is 16.9 Å². The Bertz CT molecular complexity index is 1130. The number of carbonyl (C=O) groups is 1. The van der Waals surface area contributed by atoms with E-state index in [2.05, 4.69) is 38.2 Å². The molecule has 166 valence electrons. The molecule has 0 bridgehead atoms. The summed E-state index contributed by atoms with van der Waals surface area (Å²) in [6.07, 6.45) is 7.09. The molecule has 1 amide bonds. The molecule has 0 saturated carbocycles. The second-order valence-electron chi connectivity index (χ2n) is 9.73. The summed E-state index contributed by atoms with van der Waals surface area (Å²) in [6.45, 7) is 6.81. The fourth-order valence-electron chi connectivity index (χ4n) is 4.63. The zero-order chi connectivity index (χ0) is 22.9. The number of pyridine rings is 1. The fraction of sp³-hybridized carbons (Fsp3) is 0.520. The number of amides is 1. The van der Waals surface area contributed by atoms with E-state index in [1.165, 1.54) is 16.6 Å². The Hall–Kier alpha value is -2.35. The first-order chi connectivity index (χ1) is 15.3. The zero-order valence-corrected chi connectivity index (χ0v) is 20.5. The molecule has 0 radical (unpaired) electrons. The van der Waals surface area contributed by atoms with Gasteiger partial charge in [0.1, 0.15) is 22.2 Å². The first-order valence-corrected chi connectivity index (χ1v) is 13.0. The fourth-order valence-corrected chi connectivity index (χ4v) is 6.70. The molecule has 2 heterocycles. The molecule has 7 heteroatoms. The molecule has 0 aliphatic heterocycles. The van der Waals surface area contributed by atoms with Crippen molar-refractivity contribution in [3.8, 4) is 12.1 Å². The average molecular weight is 465 g/mol. The molecular weight excluding hydrogens is 436 g/mol. The molecule has 0 spiro atoms. The van der Waals surface area contributed by atoms with Crippen molar-refractivity contribution in [1.82, 2.24) is 4.98 Å². The lowest BCUT2D eigenvalue weighted by Gasteiger charge is -2.33. The molecule has 0 fully saturated rings. The van der Waals surface area contributed by atoms with Gasteiger partial charge in [-0.25, -0.2) is 4.98 Å². The van der Waals surface area contributed by atoms with Crippen LogP contribution < -0.4 is 5.32 Å². The molecule has 2 aromatic rings. The van der Waals surface area contributed by atoms with Gasteiger partial charge in [-0.05, 0) is 73.5 Å². The molecule has 0 saturated heterocycles. The number of anilines is 1. The molecule has 2 aliphatic rings. The van der Waals surface area contributed by atoms with Crippen LogP contribution in [-0.4, -0.2) is 16.6 Å². The van der Waals surface area contributed by atoms with E-state index < -0.39 is 0 Å². The van der Waals surface area contributed by atoms with E-state index in [1.807, 2.05) is 6.07 Å². The number of hydrogen-bond acceptors (Lipinski definition) is 6. The first-order valence-electron chi connectivity index (χ1n) is 11.2. The molecule has 32 heavy (non-hydrogen) atoms. The van der Waals surface area contributed by atoms with Gasteiger partial charge in [-0.3, -0.25) is 4.79 Å². The highest BCUT2D eigenvalue weighted by molar-refractivity contribution is 8.00. The summed E-state index contributed by atoms with van der Waals surface area (Å²) < 4.78 is 0. The second-order valence-corrected chi connectivity index (χ2v) is 11.8. The van der Waals surface area contributed by atoms with Crippen LogP contribution in [0.25, 0.3) is 0 Å². The van der Waals surface area contributed by atoms with Gasteiger partial charge >= 0.3 is 0 Å². The third-order valence-electron chi connectivity index (χ3n) is 6.58. The lowest BCUT2D eigenvalue weighted by molar-refractivity contribution is -0.113. The van der Waals surface area contributed by atoms with Gasteiger partial charge in [0.25, 0.3) is 0 Å². The van der Waals surface area contributed by atoms with E-state index in [4.69, 9.17) is 4.98 Å². The van der Waals surface area contributed by atoms with Crippen LogP contribution in [0.2, 0.25) is 0 Å². The van der Waals surface area contributed by atoms with Gasteiger partial charge in [-0.1, -0.05) is 32.5 Å². The Kier molecular flexibility index (Phi) is 6.60. The highest BCUT2D eigenvalue weighted by Crippen LogP contribution is 2.44. The molecule has 4 rings (SSSR count). The maximum Gasteiger partial charge on any atom is 0.235 e. The van der Waals surface area contributed by atoms with Crippen molar-refractivity contribution in [2.45, 2.75) is 70.7 Å². The molecule has 5 nitrogen and oxygen atoms in total. The molecule has 1 atom stereocenters. The van der Waals surface area contributed by atoms with E-state index in [1.54, 1.807) is 11.3 Å². The summed E-state index contributed by atoms with van der Waals surface area (Å²) in [5, 5.41) is 23.5. The maximum absolute atomic E-state index is 12.7. The molecule has 0 unspecified atom stereocenters. The van der Waals surface area contributed by atoms with Crippen molar-refractivity contribution in [3.05, 3.63) is 38.9 Å². The SMILES string of the molecule is CC(C)(C)[C@H]1CCc2c(sc(NC(=O)CSc3nc4c(cc3C#N)CCCC4)c2C#N)C1. The lowest BCUT2D eigenvalue weighted by atomic mass is 9.72. The van der Waals surface area contributed by atoms with Gasteiger partial charge < -0.3 is 5.32 Å². The van der Waals surface area contributed by atoms with Gasteiger partial charge in [0.15, 0.2) is 0 Å². The van der Waals surface area contributed by atoms with Crippen molar-refractivity contribution >= 4 is 34.0 Å². The number of rotatable bonds is 4. The van der Waals surface area contributed by atoms with E-state index >= 15 is 0 Å². The highest BCUT2D eigenvalue weighted by Gasteiger charge is 2.32. The summed E-state index contributed by atoms with van der Waals surface area (Å²) in [4.78, 5) is 18.7. The standard InChI is InChI=1S/C25H28N4OS2/c1-25(2,3)17-8-9-18-19(13-27)24(32-21(18)11-17)29-22(30)14-31-23-16(12-26)10-15-6-4-5-7-20(15)28-23/h10,17H,4-9,11,14H2,1-3H3,(H,29,30)/t17-/m0/s1. The summed E-state index contributed by atoms with van der Waals surface area (Å²) >= 11 is 2.85. The van der Waals surface area contributed by atoms with E-state index in [0.717, 1.165) is 61.8 Å². The minimum atomic E-state index is -0.166. The van der Waals surface area contributed by atoms with Gasteiger partial charge in [-0.15, -0.1) is 11.3 Å². The Morgan fingerprint density at radius 1 is 1.25 bits per heavy atom. The summed E-state index contributed by atoms with van der Waals surface area (Å²) in [5.41, 5.74) is 4.74. The second kappa shape index (κ2) is 9.25. The summed E-state index contributed by atoms with van der Waals surface area (Å²) in [7, 11) is 0. The number of nitrogens with zero attached hydrogens (tertiary/aromatic N) is 3. The molecule has 0 aromatic carbocycles. The predicted octanol–water partition coefficient (Wildman–Crippen LogP) is 5.65. The molecule has 2 aromatic heterocycles. The van der Waals surface area contributed by atoms with E-state index in [-0.39, 0.29) is 17.1 Å². The Morgan fingerprint density at radius 2 is 2.03 bits per heavy atom. The van der Waals surface area contributed by atoms with Gasteiger partial charge in [0, 0.05) is 10.6 Å². The van der Waals surface area contributed by atoms with Crippen molar-refractivity contribution in [2.75, 3.05) is 11.1 Å². The third-order valence-corrected chi connectivity index (χ3v) is 8.74. The number of aryl methyl sites for hydroxylation is 2. The van der Waals surface area contributed by atoms with Crippen LogP contribution in [0.4, 0.5) is 5.00 Å². The molecule has 2 aliphatic carbocycles. The van der Waals surface area contributed by atoms with Crippen LogP contribution in [0, 0.1) is 34.0 Å². The average Bonchev–Trinajstić information content (AvgIpc) is 3.12. The monoisotopic (exact) mass is 464 g/mol. The van der Waals surface area contributed by atoms with Gasteiger partial charge in [-0.2, -0.15) is 10.5 Å². The lowest BCUT2D eigenvalue weighted by Crippen LogP contribution is -2.26. The Balaban J connectivity index is 1.46. The van der Waals surface area contributed by atoms with Crippen LogP contribution in [0.1, 0.15) is 72.9 Å². The van der Waals surface area contributed by atoms with Gasteiger partial charge in [0.2, 0.25) is 5.91 Å².